The fourth-order valence-corrected chi connectivity index (χ4v) is 3.12. The van der Waals surface area contributed by atoms with Gasteiger partial charge in [-0.25, -0.2) is 0 Å². The maximum atomic E-state index is 12.7. The third-order valence-electron chi connectivity index (χ3n) is 4.49. The standard InChI is InChI=1S/C20H23N3O4/c1-2-5-17(27-16-9-8-12(19(21)25)10-15(16)24)23-20(26)18-14-7-4-3-6-13(14)11-22-18/h3-4,6-10,17-18,22,24H,2,5,11H2,1H3,(H2,21,25)(H,23,26). The summed E-state index contributed by atoms with van der Waals surface area (Å²) in [5.41, 5.74) is 7.44. The van der Waals surface area contributed by atoms with Crippen molar-refractivity contribution in [2.75, 3.05) is 0 Å². The maximum absolute atomic E-state index is 12.7. The van der Waals surface area contributed by atoms with Gasteiger partial charge in [0, 0.05) is 18.5 Å². The minimum atomic E-state index is -0.638. The first-order chi connectivity index (χ1) is 13.0. The third kappa shape index (κ3) is 4.20. The minimum absolute atomic E-state index is 0.179. The number of hydrogen-bond acceptors (Lipinski definition) is 5. The molecule has 1 aliphatic rings. The van der Waals surface area contributed by atoms with E-state index in [2.05, 4.69) is 10.6 Å². The lowest BCUT2D eigenvalue weighted by molar-refractivity contribution is -0.125. The average molecular weight is 369 g/mol. The van der Waals surface area contributed by atoms with Gasteiger partial charge in [-0.1, -0.05) is 37.6 Å². The van der Waals surface area contributed by atoms with E-state index in [4.69, 9.17) is 10.5 Å². The van der Waals surface area contributed by atoms with Crippen LogP contribution in [0.5, 0.6) is 11.5 Å². The highest BCUT2D eigenvalue weighted by Crippen LogP contribution is 2.29. The Bertz CT molecular complexity index is 853. The summed E-state index contributed by atoms with van der Waals surface area (Å²) in [6.45, 7) is 2.62. The van der Waals surface area contributed by atoms with Gasteiger partial charge in [-0.05, 0) is 29.3 Å². The van der Waals surface area contributed by atoms with Crippen LogP contribution in [-0.4, -0.2) is 23.1 Å². The van der Waals surface area contributed by atoms with E-state index in [1.165, 1.54) is 18.2 Å². The molecule has 0 saturated carbocycles. The second-order valence-electron chi connectivity index (χ2n) is 6.46. The van der Waals surface area contributed by atoms with Gasteiger partial charge in [-0.3, -0.25) is 14.9 Å². The molecule has 0 aliphatic carbocycles. The van der Waals surface area contributed by atoms with Crippen LogP contribution in [0, 0.1) is 0 Å². The number of rotatable bonds is 7. The second kappa shape index (κ2) is 8.09. The maximum Gasteiger partial charge on any atom is 0.248 e. The normalized spacial score (nSPS) is 16.4. The highest BCUT2D eigenvalue weighted by Gasteiger charge is 2.29. The van der Waals surface area contributed by atoms with Crippen molar-refractivity contribution in [1.82, 2.24) is 10.6 Å². The molecule has 0 aromatic heterocycles. The predicted octanol–water partition coefficient (Wildman–Crippen LogP) is 1.96. The molecule has 0 fully saturated rings. The minimum Gasteiger partial charge on any atom is -0.504 e. The van der Waals surface area contributed by atoms with Gasteiger partial charge in [-0.2, -0.15) is 0 Å². The highest BCUT2D eigenvalue weighted by atomic mass is 16.5. The molecule has 2 aromatic rings. The van der Waals surface area contributed by atoms with Crippen molar-refractivity contribution in [3.63, 3.8) is 0 Å². The van der Waals surface area contributed by atoms with E-state index in [-0.39, 0.29) is 23.0 Å². The number of hydrogen-bond donors (Lipinski definition) is 4. The quantitative estimate of drug-likeness (QED) is 0.557. The van der Waals surface area contributed by atoms with Crippen LogP contribution in [-0.2, 0) is 11.3 Å². The Morgan fingerprint density at radius 1 is 1.33 bits per heavy atom. The Morgan fingerprint density at radius 2 is 2.11 bits per heavy atom. The van der Waals surface area contributed by atoms with Crippen LogP contribution in [0.15, 0.2) is 42.5 Å². The van der Waals surface area contributed by atoms with E-state index >= 15 is 0 Å². The molecule has 1 heterocycles. The van der Waals surface area contributed by atoms with Crippen LogP contribution in [0.1, 0.15) is 47.3 Å². The van der Waals surface area contributed by atoms with E-state index < -0.39 is 18.2 Å². The molecule has 2 atom stereocenters. The number of amides is 2. The SMILES string of the molecule is CCCC(NC(=O)C1NCc2ccccc21)Oc1ccc(C(N)=O)cc1O. The summed E-state index contributed by atoms with van der Waals surface area (Å²) in [6.07, 6.45) is 0.735. The number of nitrogens with two attached hydrogens (primary N) is 1. The Labute approximate surface area is 157 Å². The summed E-state index contributed by atoms with van der Waals surface area (Å²) in [5, 5.41) is 16.2. The molecule has 2 aromatic carbocycles. The van der Waals surface area contributed by atoms with E-state index in [1.807, 2.05) is 31.2 Å². The Morgan fingerprint density at radius 3 is 2.81 bits per heavy atom. The molecule has 7 nitrogen and oxygen atoms in total. The largest absolute Gasteiger partial charge is 0.504 e. The zero-order valence-corrected chi connectivity index (χ0v) is 15.1. The number of fused-ring (bicyclic) bond motifs is 1. The summed E-state index contributed by atoms with van der Waals surface area (Å²) in [6, 6.07) is 11.5. The van der Waals surface area contributed by atoms with Crippen molar-refractivity contribution in [3.8, 4) is 11.5 Å². The number of phenolic OH excluding ortho intramolecular Hbond substituents is 1. The third-order valence-corrected chi connectivity index (χ3v) is 4.49. The smallest absolute Gasteiger partial charge is 0.248 e. The van der Waals surface area contributed by atoms with Crippen LogP contribution in [0.3, 0.4) is 0 Å². The molecule has 0 bridgehead atoms. The number of nitrogens with one attached hydrogen (secondary N) is 2. The summed E-state index contributed by atoms with van der Waals surface area (Å²) >= 11 is 0. The van der Waals surface area contributed by atoms with E-state index in [1.54, 1.807) is 0 Å². The van der Waals surface area contributed by atoms with Gasteiger partial charge in [0.05, 0.1) is 0 Å². The van der Waals surface area contributed by atoms with Gasteiger partial charge in [0.25, 0.3) is 0 Å². The molecule has 142 valence electrons. The van der Waals surface area contributed by atoms with Gasteiger partial charge in [0.1, 0.15) is 6.04 Å². The van der Waals surface area contributed by atoms with Gasteiger partial charge in [0.15, 0.2) is 17.7 Å². The van der Waals surface area contributed by atoms with Crippen molar-refractivity contribution in [3.05, 3.63) is 59.2 Å². The van der Waals surface area contributed by atoms with Crippen LogP contribution >= 0.6 is 0 Å². The topological polar surface area (TPSA) is 114 Å². The monoisotopic (exact) mass is 369 g/mol. The number of carbonyl (C=O) groups excluding carboxylic acids is 2. The first-order valence-corrected chi connectivity index (χ1v) is 8.90. The zero-order valence-electron chi connectivity index (χ0n) is 15.1. The molecular weight excluding hydrogens is 346 g/mol. The number of benzene rings is 2. The number of ether oxygens (including phenoxy) is 1. The Balaban J connectivity index is 1.71. The summed E-state index contributed by atoms with van der Waals surface area (Å²) in [5.74, 6) is -0.850. The van der Waals surface area contributed by atoms with Gasteiger partial charge < -0.3 is 20.9 Å². The predicted molar refractivity (Wildman–Crippen MR) is 100 cm³/mol. The van der Waals surface area contributed by atoms with Crippen LogP contribution in [0.4, 0.5) is 0 Å². The van der Waals surface area contributed by atoms with Crippen molar-refractivity contribution in [1.29, 1.82) is 0 Å². The lowest BCUT2D eigenvalue weighted by Crippen LogP contribution is -2.43. The first-order valence-electron chi connectivity index (χ1n) is 8.90. The van der Waals surface area contributed by atoms with Crippen molar-refractivity contribution >= 4 is 11.8 Å². The Kier molecular flexibility index (Phi) is 5.61. The highest BCUT2D eigenvalue weighted by molar-refractivity contribution is 5.93. The Hall–Kier alpha value is -3.06. The van der Waals surface area contributed by atoms with Crippen molar-refractivity contribution in [2.45, 2.75) is 38.6 Å². The summed E-state index contributed by atoms with van der Waals surface area (Å²) in [7, 11) is 0. The van der Waals surface area contributed by atoms with Gasteiger partial charge in [0.2, 0.25) is 11.8 Å². The zero-order chi connectivity index (χ0) is 19.4. The molecule has 5 N–H and O–H groups in total. The van der Waals surface area contributed by atoms with Crippen LogP contribution in [0.2, 0.25) is 0 Å². The van der Waals surface area contributed by atoms with E-state index in [0.29, 0.717) is 13.0 Å². The fraction of sp³-hybridized carbons (Fsp3) is 0.300. The van der Waals surface area contributed by atoms with Gasteiger partial charge in [-0.15, -0.1) is 0 Å². The molecule has 0 spiro atoms. The van der Waals surface area contributed by atoms with E-state index in [9.17, 15) is 14.7 Å². The molecule has 3 rings (SSSR count). The number of carbonyl (C=O) groups is 2. The molecular formula is C20H23N3O4. The molecule has 1 aliphatic heterocycles. The van der Waals surface area contributed by atoms with Crippen LogP contribution in [0.25, 0.3) is 0 Å². The van der Waals surface area contributed by atoms with Crippen LogP contribution < -0.4 is 21.1 Å². The van der Waals surface area contributed by atoms with Crippen molar-refractivity contribution in [2.24, 2.45) is 5.73 Å². The summed E-state index contributed by atoms with van der Waals surface area (Å²) < 4.78 is 5.78. The lowest BCUT2D eigenvalue weighted by atomic mass is 10.0. The molecule has 2 amide bonds. The lowest BCUT2D eigenvalue weighted by Gasteiger charge is -2.23. The first kappa shape index (κ1) is 18.7. The second-order valence-corrected chi connectivity index (χ2v) is 6.46. The fourth-order valence-electron chi connectivity index (χ4n) is 3.12. The molecule has 2 unspecified atom stereocenters. The number of phenols is 1. The van der Waals surface area contributed by atoms with Crippen molar-refractivity contribution < 1.29 is 19.4 Å². The van der Waals surface area contributed by atoms with Gasteiger partial charge >= 0.3 is 0 Å². The summed E-state index contributed by atoms with van der Waals surface area (Å²) in [4.78, 5) is 23.9. The number of primary amides is 1. The number of aromatic hydroxyl groups is 1. The molecule has 0 radical (unpaired) electrons. The molecule has 0 saturated heterocycles. The van der Waals surface area contributed by atoms with E-state index in [0.717, 1.165) is 17.5 Å². The molecule has 27 heavy (non-hydrogen) atoms. The average Bonchev–Trinajstić information content (AvgIpc) is 3.07. The molecule has 7 heteroatoms.